The van der Waals surface area contributed by atoms with Crippen LogP contribution in [0.15, 0.2) is 12.7 Å². The lowest BCUT2D eigenvalue weighted by Gasteiger charge is -2.07. The average molecular weight is 216 g/mol. The van der Waals surface area contributed by atoms with Crippen molar-refractivity contribution in [3.63, 3.8) is 0 Å². The minimum Gasteiger partial charge on any atom is -0.481 e. The van der Waals surface area contributed by atoms with Crippen LogP contribution in [0.1, 0.15) is 19.8 Å². The number of hydrogen-bond donors (Lipinski definition) is 1. The first-order valence-corrected chi connectivity index (χ1v) is 4.21. The van der Waals surface area contributed by atoms with Gasteiger partial charge in [-0.1, -0.05) is 6.58 Å². The van der Waals surface area contributed by atoms with Gasteiger partial charge in [0.15, 0.2) is 11.9 Å². The largest absolute Gasteiger partial charge is 0.481 e. The molecule has 0 aromatic rings. The van der Waals surface area contributed by atoms with Crippen molar-refractivity contribution in [3.05, 3.63) is 12.7 Å². The topological polar surface area (TPSA) is 89.9 Å². The van der Waals surface area contributed by atoms with Gasteiger partial charge in [-0.3, -0.25) is 14.5 Å². The van der Waals surface area contributed by atoms with Crippen molar-refractivity contribution < 1.29 is 29.3 Å². The summed E-state index contributed by atoms with van der Waals surface area (Å²) in [6, 6.07) is 0. The number of carbonyl (C=O) groups excluding carboxylic acids is 2. The molecule has 0 radical (unpaired) electrons. The molecule has 0 aliphatic rings. The van der Waals surface area contributed by atoms with E-state index >= 15 is 0 Å². The maximum atomic E-state index is 10.9. The van der Waals surface area contributed by atoms with Crippen LogP contribution >= 0.6 is 0 Å². The molecule has 0 aromatic heterocycles. The quantitative estimate of drug-likeness (QED) is 0.378. The smallest absolute Gasteiger partial charge is 0.342 e. The van der Waals surface area contributed by atoms with Crippen molar-refractivity contribution in [1.29, 1.82) is 0 Å². The minimum atomic E-state index is -1.11. The third-order valence-electron chi connectivity index (χ3n) is 1.43. The molecule has 1 unspecified atom stereocenters. The standard InChI is InChI=1S/C9H12O6/c1-3-7(10)6(2)14-15-9(13)5-4-8(11)12/h3,6H,1,4-5H2,2H3,(H,11,12). The number of carboxylic acid groups (broad SMARTS) is 1. The van der Waals surface area contributed by atoms with E-state index in [-0.39, 0.29) is 12.8 Å². The minimum absolute atomic E-state index is 0.301. The Bertz CT molecular complexity index is 270. The monoisotopic (exact) mass is 216 g/mol. The summed E-state index contributed by atoms with van der Waals surface area (Å²) in [4.78, 5) is 40.4. The number of aliphatic carboxylic acids is 1. The van der Waals surface area contributed by atoms with E-state index in [1.807, 2.05) is 0 Å². The summed E-state index contributed by atoms with van der Waals surface area (Å²) in [5.74, 6) is -2.37. The van der Waals surface area contributed by atoms with Crippen LogP contribution in [0.4, 0.5) is 0 Å². The molecule has 0 fully saturated rings. The Morgan fingerprint density at radius 1 is 1.40 bits per heavy atom. The molecule has 1 N–H and O–H groups in total. The highest BCUT2D eigenvalue weighted by molar-refractivity contribution is 5.92. The molecular formula is C9H12O6. The molecule has 0 rings (SSSR count). The molecule has 0 spiro atoms. The summed E-state index contributed by atoms with van der Waals surface area (Å²) in [5, 5.41) is 8.25. The second-order valence-corrected chi connectivity index (χ2v) is 2.69. The van der Waals surface area contributed by atoms with Crippen LogP contribution in [-0.2, 0) is 24.2 Å². The summed E-state index contributed by atoms with van der Waals surface area (Å²) in [6.07, 6.45) is -0.539. The fraction of sp³-hybridized carbons (Fsp3) is 0.444. The molecular weight excluding hydrogens is 204 g/mol. The molecule has 0 aliphatic carbocycles. The number of carbonyl (C=O) groups is 3. The highest BCUT2D eigenvalue weighted by Gasteiger charge is 2.14. The molecule has 0 bridgehead atoms. The first kappa shape index (κ1) is 13.3. The predicted octanol–water partition coefficient (Wildman–Crippen LogP) is 0.470. The summed E-state index contributed by atoms with van der Waals surface area (Å²) < 4.78 is 0. The lowest BCUT2D eigenvalue weighted by atomic mass is 10.3. The molecule has 0 amide bonds. The molecule has 0 saturated carbocycles. The van der Waals surface area contributed by atoms with Gasteiger partial charge in [0.2, 0.25) is 0 Å². The highest BCUT2D eigenvalue weighted by Crippen LogP contribution is 1.98. The third kappa shape index (κ3) is 6.39. The second kappa shape index (κ2) is 6.72. The Hall–Kier alpha value is -1.69. The van der Waals surface area contributed by atoms with E-state index in [9.17, 15) is 14.4 Å². The lowest BCUT2D eigenvalue weighted by Crippen LogP contribution is -2.21. The van der Waals surface area contributed by atoms with Gasteiger partial charge in [-0.25, -0.2) is 4.79 Å². The number of rotatable bonds is 7. The summed E-state index contributed by atoms with van der Waals surface area (Å²) in [7, 11) is 0. The SMILES string of the molecule is C=CC(=O)C(C)OOC(=O)CCC(=O)O. The number of carboxylic acids is 1. The molecule has 1 atom stereocenters. The predicted molar refractivity (Wildman–Crippen MR) is 48.7 cm³/mol. The van der Waals surface area contributed by atoms with Crippen LogP contribution in [0.25, 0.3) is 0 Å². The zero-order chi connectivity index (χ0) is 11.8. The molecule has 15 heavy (non-hydrogen) atoms. The molecule has 84 valence electrons. The van der Waals surface area contributed by atoms with Gasteiger partial charge in [0.25, 0.3) is 0 Å². The maximum Gasteiger partial charge on any atom is 0.342 e. The Kier molecular flexibility index (Phi) is 5.96. The summed E-state index contributed by atoms with van der Waals surface area (Å²) >= 11 is 0. The van der Waals surface area contributed by atoms with E-state index in [1.165, 1.54) is 6.92 Å². The first-order chi connectivity index (χ1) is 6.97. The molecule has 0 heterocycles. The Morgan fingerprint density at radius 2 is 2.00 bits per heavy atom. The van der Waals surface area contributed by atoms with E-state index in [1.54, 1.807) is 0 Å². The van der Waals surface area contributed by atoms with E-state index in [4.69, 9.17) is 5.11 Å². The van der Waals surface area contributed by atoms with E-state index in [0.29, 0.717) is 0 Å². The molecule has 0 aromatic carbocycles. The fourth-order valence-electron chi connectivity index (χ4n) is 0.590. The number of ketones is 1. The Labute approximate surface area is 86.4 Å². The summed E-state index contributed by atoms with van der Waals surface area (Å²) in [5.41, 5.74) is 0. The van der Waals surface area contributed by atoms with Crippen molar-refractivity contribution in [2.75, 3.05) is 0 Å². The van der Waals surface area contributed by atoms with E-state index in [2.05, 4.69) is 16.4 Å². The van der Waals surface area contributed by atoms with Crippen LogP contribution in [0.3, 0.4) is 0 Å². The van der Waals surface area contributed by atoms with Crippen LogP contribution in [-0.4, -0.2) is 28.9 Å². The van der Waals surface area contributed by atoms with Gasteiger partial charge >= 0.3 is 11.9 Å². The normalized spacial score (nSPS) is 11.5. The first-order valence-electron chi connectivity index (χ1n) is 4.21. The van der Waals surface area contributed by atoms with Crippen molar-refractivity contribution in [3.8, 4) is 0 Å². The Morgan fingerprint density at radius 3 is 2.47 bits per heavy atom. The van der Waals surface area contributed by atoms with Gasteiger partial charge in [-0.2, -0.15) is 4.89 Å². The van der Waals surface area contributed by atoms with Gasteiger partial charge in [0.1, 0.15) is 0 Å². The maximum absolute atomic E-state index is 10.9. The molecule has 0 saturated heterocycles. The lowest BCUT2D eigenvalue weighted by molar-refractivity contribution is -0.287. The van der Waals surface area contributed by atoms with Gasteiger partial charge in [-0.15, -0.1) is 0 Å². The van der Waals surface area contributed by atoms with Gasteiger partial charge in [0.05, 0.1) is 12.8 Å². The zero-order valence-corrected chi connectivity index (χ0v) is 8.26. The third-order valence-corrected chi connectivity index (χ3v) is 1.43. The Balaban J connectivity index is 3.75. The average Bonchev–Trinajstić information content (AvgIpc) is 2.21. The zero-order valence-electron chi connectivity index (χ0n) is 8.26. The second-order valence-electron chi connectivity index (χ2n) is 2.69. The van der Waals surface area contributed by atoms with E-state index < -0.39 is 23.8 Å². The fourth-order valence-corrected chi connectivity index (χ4v) is 0.590. The van der Waals surface area contributed by atoms with Crippen molar-refractivity contribution >= 4 is 17.7 Å². The number of hydrogen-bond acceptors (Lipinski definition) is 5. The highest BCUT2D eigenvalue weighted by atomic mass is 17.2. The van der Waals surface area contributed by atoms with Crippen molar-refractivity contribution in [1.82, 2.24) is 0 Å². The van der Waals surface area contributed by atoms with E-state index in [0.717, 1.165) is 6.08 Å². The van der Waals surface area contributed by atoms with Crippen molar-refractivity contribution in [2.24, 2.45) is 0 Å². The molecule has 6 nitrogen and oxygen atoms in total. The summed E-state index contributed by atoms with van der Waals surface area (Å²) in [6.45, 7) is 4.60. The van der Waals surface area contributed by atoms with Crippen LogP contribution in [0, 0.1) is 0 Å². The van der Waals surface area contributed by atoms with Gasteiger partial charge in [-0.05, 0) is 13.0 Å². The van der Waals surface area contributed by atoms with Gasteiger partial charge in [0, 0.05) is 0 Å². The van der Waals surface area contributed by atoms with Crippen molar-refractivity contribution in [2.45, 2.75) is 25.9 Å². The molecule has 6 heteroatoms. The van der Waals surface area contributed by atoms with Crippen LogP contribution in [0.5, 0.6) is 0 Å². The van der Waals surface area contributed by atoms with Crippen LogP contribution < -0.4 is 0 Å². The van der Waals surface area contributed by atoms with Crippen LogP contribution in [0.2, 0.25) is 0 Å². The molecule has 0 aliphatic heterocycles. The van der Waals surface area contributed by atoms with Gasteiger partial charge < -0.3 is 5.11 Å².